The van der Waals surface area contributed by atoms with Gasteiger partial charge in [-0.3, -0.25) is 4.99 Å². The summed E-state index contributed by atoms with van der Waals surface area (Å²) < 4.78 is 24.7. The predicted octanol–water partition coefficient (Wildman–Crippen LogP) is 2.48. The van der Waals surface area contributed by atoms with E-state index in [4.69, 9.17) is 0 Å². The molecule has 0 saturated heterocycles. The average molecular weight is 401 g/mol. The van der Waals surface area contributed by atoms with Crippen molar-refractivity contribution in [3.05, 3.63) is 29.8 Å². The van der Waals surface area contributed by atoms with Crippen molar-refractivity contribution in [3.63, 3.8) is 0 Å². The molecule has 1 rings (SSSR count). The van der Waals surface area contributed by atoms with Crippen molar-refractivity contribution in [1.82, 2.24) is 14.5 Å². The molecule has 1 aromatic rings. The average Bonchev–Trinajstić information content (AvgIpc) is 2.60. The minimum Gasteiger partial charge on any atom is -0.357 e. The molecule has 8 heteroatoms. The summed E-state index contributed by atoms with van der Waals surface area (Å²) in [5.74, 6) is 0.837. The van der Waals surface area contributed by atoms with Crippen LogP contribution in [0.3, 0.4) is 0 Å². The molecule has 0 radical (unpaired) electrons. The van der Waals surface area contributed by atoms with Gasteiger partial charge >= 0.3 is 0 Å². The number of nitrogens with zero attached hydrogens (tertiary/aromatic N) is 3. The van der Waals surface area contributed by atoms with Gasteiger partial charge in [0.15, 0.2) is 5.96 Å². The first-order valence-corrected chi connectivity index (χ1v) is 12.0. The Hall–Kier alpha value is -1.25. The number of guanidine groups is 1. The maximum atomic E-state index is 11.6. The molecule has 0 aliphatic heterocycles. The Morgan fingerprint density at radius 2 is 1.88 bits per heavy atom. The molecule has 0 aliphatic rings. The van der Waals surface area contributed by atoms with E-state index < -0.39 is 10.0 Å². The molecular weight excluding hydrogens is 368 g/mol. The molecule has 0 bridgehead atoms. The second-order valence-electron chi connectivity index (χ2n) is 6.05. The highest BCUT2D eigenvalue weighted by Crippen LogP contribution is 2.15. The third kappa shape index (κ3) is 7.97. The highest BCUT2D eigenvalue weighted by molar-refractivity contribution is 7.98. The molecule has 0 amide bonds. The second kappa shape index (κ2) is 11.5. The Labute approximate surface area is 163 Å². The van der Waals surface area contributed by atoms with Crippen molar-refractivity contribution in [3.8, 4) is 0 Å². The number of rotatable bonds is 10. The van der Waals surface area contributed by atoms with E-state index in [1.807, 2.05) is 20.9 Å². The molecule has 0 aliphatic carbocycles. The Bertz CT molecular complexity index is 660. The van der Waals surface area contributed by atoms with Crippen LogP contribution in [-0.4, -0.2) is 69.3 Å². The fraction of sp³-hybridized carbons (Fsp3) is 0.611. The Kier molecular flexibility index (Phi) is 10.0. The largest absolute Gasteiger partial charge is 0.357 e. The maximum Gasteiger partial charge on any atom is 0.211 e. The van der Waals surface area contributed by atoms with Crippen LogP contribution in [0.4, 0.5) is 0 Å². The summed E-state index contributed by atoms with van der Waals surface area (Å²) in [6.07, 6.45) is 4.02. The number of sulfonamides is 1. The molecule has 26 heavy (non-hydrogen) atoms. The summed E-state index contributed by atoms with van der Waals surface area (Å²) >= 11 is 1.73. The van der Waals surface area contributed by atoms with Crippen LogP contribution in [0.1, 0.15) is 25.8 Å². The van der Waals surface area contributed by atoms with Gasteiger partial charge in [-0.2, -0.15) is 0 Å². The van der Waals surface area contributed by atoms with Gasteiger partial charge in [0.05, 0.1) is 6.26 Å². The minimum absolute atomic E-state index is 0.495. The highest BCUT2D eigenvalue weighted by atomic mass is 32.2. The summed E-state index contributed by atoms with van der Waals surface area (Å²) in [6, 6.07) is 8.53. The highest BCUT2D eigenvalue weighted by Gasteiger charge is 2.13. The lowest BCUT2D eigenvalue weighted by Gasteiger charge is -2.22. The number of nitrogens with one attached hydrogen (secondary N) is 1. The smallest absolute Gasteiger partial charge is 0.211 e. The zero-order valence-corrected chi connectivity index (χ0v) is 18.2. The maximum absolute atomic E-state index is 11.6. The van der Waals surface area contributed by atoms with E-state index in [1.54, 1.807) is 11.8 Å². The number of benzene rings is 1. The number of hydrogen-bond donors (Lipinski definition) is 1. The molecular formula is C18H32N4O2S2. The molecule has 0 spiro atoms. The first-order chi connectivity index (χ1) is 12.3. The molecule has 0 aromatic heterocycles. The van der Waals surface area contributed by atoms with E-state index in [-0.39, 0.29) is 0 Å². The van der Waals surface area contributed by atoms with Crippen molar-refractivity contribution in [2.75, 3.05) is 45.7 Å². The van der Waals surface area contributed by atoms with E-state index in [0.717, 1.165) is 19.0 Å². The van der Waals surface area contributed by atoms with Crippen LogP contribution >= 0.6 is 11.8 Å². The third-order valence-corrected chi connectivity index (χ3v) is 6.05. The summed E-state index contributed by atoms with van der Waals surface area (Å²) in [5.41, 5.74) is 1.23. The van der Waals surface area contributed by atoms with Crippen LogP contribution in [0, 0.1) is 0 Å². The Balaban J connectivity index is 2.63. The van der Waals surface area contributed by atoms with Crippen molar-refractivity contribution in [2.45, 2.75) is 31.7 Å². The number of aliphatic imine (C=N–C) groups is 1. The topological polar surface area (TPSA) is 65.0 Å². The minimum atomic E-state index is -3.13. The first-order valence-electron chi connectivity index (χ1n) is 8.89. The fourth-order valence-corrected chi connectivity index (χ4v) is 3.88. The van der Waals surface area contributed by atoms with Crippen molar-refractivity contribution >= 4 is 27.7 Å². The van der Waals surface area contributed by atoms with Gasteiger partial charge in [-0.05, 0) is 37.3 Å². The van der Waals surface area contributed by atoms with Crippen LogP contribution in [0.15, 0.2) is 34.2 Å². The molecule has 1 aromatic carbocycles. The molecule has 1 N–H and O–H groups in total. The summed E-state index contributed by atoms with van der Waals surface area (Å²) in [5, 5.41) is 3.30. The number of thioether (sulfide) groups is 1. The Morgan fingerprint density at radius 1 is 1.23 bits per heavy atom. The molecule has 0 atom stereocenters. The lowest BCUT2D eigenvalue weighted by molar-refractivity contribution is 0.425. The van der Waals surface area contributed by atoms with Crippen LogP contribution in [0.25, 0.3) is 0 Å². The predicted molar refractivity (Wildman–Crippen MR) is 112 cm³/mol. The fourth-order valence-electron chi connectivity index (χ4n) is 2.54. The normalized spacial score (nSPS) is 12.5. The molecule has 0 heterocycles. The molecule has 6 nitrogen and oxygen atoms in total. The van der Waals surface area contributed by atoms with E-state index in [2.05, 4.69) is 45.7 Å². The summed E-state index contributed by atoms with van der Waals surface area (Å²) in [7, 11) is -1.12. The Morgan fingerprint density at radius 3 is 2.38 bits per heavy atom. The van der Waals surface area contributed by atoms with Crippen LogP contribution in [-0.2, 0) is 16.6 Å². The zero-order chi connectivity index (χ0) is 19.6. The third-order valence-electron chi connectivity index (χ3n) is 3.92. The lowest BCUT2D eigenvalue weighted by Crippen LogP contribution is -2.38. The van der Waals surface area contributed by atoms with Gasteiger partial charge in [0.1, 0.15) is 0 Å². The van der Waals surface area contributed by atoms with Crippen LogP contribution in [0.2, 0.25) is 0 Å². The van der Waals surface area contributed by atoms with Crippen LogP contribution in [0.5, 0.6) is 0 Å². The van der Waals surface area contributed by atoms with E-state index >= 15 is 0 Å². The first kappa shape index (κ1) is 22.8. The van der Waals surface area contributed by atoms with Gasteiger partial charge in [-0.25, -0.2) is 12.7 Å². The summed E-state index contributed by atoms with van der Waals surface area (Å²) in [4.78, 5) is 7.98. The van der Waals surface area contributed by atoms with Gasteiger partial charge in [-0.15, -0.1) is 11.8 Å². The van der Waals surface area contributed by atoms with Crippen molar-refractivity contribution in [2.24, 2.45) is 4.99 Å². The standard InChI is InChI=1S/C18H32N4O2S2/c1-6-19-18(20-13-8-14-22(7-2)26(5,23)24)21(3)15-16-9-11-17(25-4)12-10-16/h9-12H,6-8,13-15H2,1-5H3,(H,19,20). The second-order valence-corrected chi connectivity index (χ2v) is 8.91. The van der Waals surface area contributed by atoms with Crippen molar-refractivity contribution in [1.29, 1.82) is 0 Å². The van der Waals surface area contributed by atoms with Gasteiger partial charge < -0.3 is 10.2 Å². The van der Waals surface area contributed by atoms with Gasteiger partial charge in [0.25, 0.3) is 0 Å². The monoisotopic (exact) mass is 400 g/mol. The number of hydrogen-bond acceptors (Lipinski definition) is 4. The quantitative estimate of drug-likeness (QED) is 0.283. The van der Waals surface area contributed by atoms with E-state index in [1.165, 1.54) is 21.0 Å². The van der Waals surface area contributed by atoms with Gasteiger partial charge in [0, 0.05) is 44.7 Å². The molecule has 0 unspecified atom stereocenters. The molecule has 148 valence electrons. The SMILES string of the molecule is CCNC(=NCCCN(CC)S(C)(=O)=O)N(C)Cc1ccc(SC)cc1. The lowest BCUT2D eigenvalue weighted by atomic mass is 10.2. The molecule has 0 saturated carbocycles. The molecule has 0 fully saturated rings. The van der Waals surface area contributed by atoms with E-state index in [0.29, 0.717) is 26.1 Å². The zero-order valence-electron chi connectivity index (χ0n) is 16.5. The van der Waals surface area contributed by atoms with Gasteiger partial charge in [-0.1, -0.05) is 19.1 Å². The van der Waals surface area contributed by atoms with Crippen molar-refractivity contribution < 1.29 is 8.42 Å². The summed E-state index contributed by atoms with van der Waals surface area (Å²) in [6.45, 7) is 7.03. The van der Waals surface area contributed by atoms with E-state index in [9.17, 15) is 8.42 Å². The van der Waals surface area contributed by atoms with Gasteiger partial charge in [0.2, 0.25) is 10.0 Å². The van der Waals surface area contributed by atoms with Crippen LogP contribution < -0.4 is 5.32 Å².